The van der Waals surface area contributed by atoms with Crippen molar-refractivity contribution in [2.45, 2.75) is 0 Å². The first kappa shape index (κ1) is 7.31. The number of aromatic nitrogens is 2. The van der Waals surface area contributed by atoms with Crippen molar-refractivity contribution in [2.75, 3.05) is 13.1 Å². The molecule has 3 nitrogen and oxygen atoms in total. The molecule has 2 aromatic rings. The fourth-order valence-corrected chi connectivity index (χ4v) is 0.864. The minimum atomic E-state index is 0.998. The van der Waals surface area contributed by atoms with E-state index in [9.17, 15) is 0 Å². The number of nitrogens with one attached hydrogen (secondary N) is 1. The van der Waals surface area contributed by atoms with Crippen LogP contribution < -0.4 is 5.32 Å². The van der Waals surface area contributed by atoms with E-state index in [1.807, 2.05) is 35.0 Å². The van der Waals surface area contributed by atoms with E-state index >= 15 is 0 Å². The van der Waals surface area contributed by atoms with Gasteiger partial charge in [-0.25, -0.2) is 4.98 Å². The molecule has 1 aliphatic rings. The second kappa shape index (κ2) is 3.36. The molecular weight excluding hydrogens is 150 g/mol. The largest absolute Gasteiger partial charge is 0.314 e. The zero-order valence-corrected chi connectivity index (χ0v) is 6.77. The molecule has 3 heteroatoms. The van der Waals surface area contributed by atoms with Crippen molar-refractivity contribution >= 4 is 5.65 Å². The summed E-state index contributed by atoms with van der Waals surface area (Å²) in [6.07, 6.45) is 5.69. The highest BCUT2D eigenvalue weighted by Gasteiger charge is 1.91. The predicted octanol–water partition coefficient (Wildman–Crippen LogP) is 0.924. The first-order chi connectivity index (χ1) is 5.97. The Kier molecular flexibility index (Phi) is 2.05. The predicted molar refractivity (Wildman–Crippen MR) is 48.1 cm³/mol. The molecule has 0 spiro atoms. The molecule has 3 rings (SSSR count). The van der Waals surface area contributed by atoms with Crippen LogP contribution in [0, 0.1) is 0 Å². The van der Waals surface area contributed by atoms with Crippen LogP contribution in [-0.2, 0) is 0 Å². The van der Waals surface area contributed by atoms with E-state index in [1.54, 1.807) is 6.20 Å². The Hall–Kier alpha value is -1.35. The van der Waals surface area contributed by atoms with Gasteiger partial charge in [-0.1, -0.05) is 6.07 Å². The summed E-state index contributed by atoms with van der Waals surface area (Å²) in [4.78, 5) is 4.08. The molecular formula is C9H11N3. The third kappa shape index (κ3) is 1.83. The van der Waals surface area contributed by atoms with E-state index in [4.69, 9.17) is 0 Å². The van der Waals surface area contributed by atoms with Crippen LogP contribution in [0.4, 0.5) is 0 Å². The molecule has 0 radical (unpaired) electrons. The molecule has 1 aliphatic heterocycles. The minimum Gasteiger partial charge on any atom is -0.314 e. The third-order valence-corrected chi connectivity index (χ3v) is 1.55. The summed E-state index contributed by atoms with van der Waals surface area (Å²) in [5.41, 5.74) is 0.998. The smallest absolute Gasteiger partial charge is 0.136 e. The van der Waals surface area contributed by atoms with Crippen LogP contribution in [0.1, 0.15) is 0 Å². The van der Waals surface area contributed by atoms with Crippen molar-refractivity contribution in [3.05, 3.63) is 36.8 Å². The maximum Gasteiger partial charge on any atom is 0.136 e. The summed E-state index contributed by atoms with van der Waals surface area (Å²) in [5.74, 6) is 0. The lowest BCUT2D eigenvalue weighted by molar-refractivity contribution is 1.19. The van der Waals surface area contributed by atoms with Gasteiger partial charge in [-0.2, -0.15) is 0 Å². The molecule has 0 amide bonds. The van der Waals surface area contributed by atoms with Crippen LogP contribution in [0.15, 0.2) is 36.8 Å². The van der Waals surface area contributed by atoms with Crippen LogP contribution in [0.3, 0.4) is 0 Å². The Balaban J connectivity index is 0.000000159. The van der Waals surface area contributed by atoms with Crippen molar-refractivity contribution in [1.29, 1.82) is 0 Å². The number of rotatable bonds is 0. The summed E-state index contributed by atoms with van der Waals surface area (Å²) in [6, 6.07) is 5.93. The Morgan fingerprint density at radius 2 is 2.08 bits per heavy atom. The standard InChI is InChI=1S/C7H6N2.C2H5N/c1-2-5-9-6-4-8-7(9)3-1;1-2-3-1/h1-6H;3H,1-2H2. The van der Waals surface area contributed by atoms with E-state index in [0.29, 0.717) is 0 Å². The zero-order valence-electron chi connectivity index (χ0n) is 6.77. The summed E-state index contributed by atoms with van der Waals surface area (Å²) in [7, 11) is 0. The fraction of sp³-hybridized carbons (Fsp3) is 0.222. The SMILES string of the molecule is C1CN1.c1ccn2ccnc2c1. The van der Waals surface area contributed by atoms with Crippen molar-refractivity contribution < 1.29 is 0 Å². The van der Waals surface area contributed by atoms with Crippen molar-refractivity contribution in [1.82, 2.24) is 14.7 Å². The molecule has 1 fully saturated rings. The number of hydrogen-bond donors (Lipinski definition) is 1. The average Bonchev–Trinajstić information content (AvgIpc) is 2.91. The number of fused-ring (bicyclic) bond motifs is 1. The quantitative estimate of drug-likeness (QED) is 0.584. The highest BCUT2D eigenvalue weighted by Crippen LogP contribution is 1.96. The van der Waals surface area contributed by atoms with Gasteiger partial charge in [0.05, 0.1) is 0 Å². The summed E-state index contributed by atoms with van der Waals surface area (Å²) >= 11 is 0. The molecule has 0 unspecified atom stereocenters. The monoisotopic (exact) mass is 161 g/mol. The van der Waals surface area contributed by atoms with Crippen LogP contribution in [0.25, 0.3) is 5.65 Å². The van der Waals surface area contributed by atoms with E-state index < -0.39 is 0 Å². The molecule has 1 N–H and O–H groups in total. The molecule has 0 aliphatic carbocycles. The maximum absolute atomic E-state index is 4.08. The van der Waals surface area contributed by atoms with Crippen LogP contribution in [0.5, 0.6) is 0 Å². The lowest BCUT2D eigenvalue weighted by atomic mass is 10.5. The number of hydrogen-bond acceptors (Lipinski definition) is 2. The molecule has 3 heterocycles. The Labute approximate surface area is 71.0 Å². The topological polar surface area (TPSA) is 39.2 Å². The summed E-state index contributed by atoms with van der Waals surface area (Å²) in [6.45, 7) is 2.50. The normalized spacial score (nSPS) is 13.7. The molecule has 0 atom stereocenters. The molecule has 1 saturated heterocycles. The lowest BCUT2D eigenvalue weighted by Gasteiger charge is -1.86. The first-order valence-corrected chi connectivity index (χ1v) is 4.05. The van der Waals surface area contributed by atoms with Gasteiger partial charge in [0, 0.05) is 31.7 Å². The fourth-order valence-electron chi connectivity index (χ4n) is 0.864. The second-order valence-electron chi connectivity index (χ2n) is 2.64. The zero-order chi connectivity index (χ0) is 8.23. The molecule has 12 heavy (non-hydrogen) atoms. The number of nitrogens with zero attached hydrogens (tertiary/aromatic N) is 2. The number of pyridine rings is 1. The molecule has 0 saturated carbocycles. The van der Waals surface area contributed by atoms with Gasteiger partial charge in [-0.05, 0) is 12.1 Å². The second-order valence-corrected chi connectivity index (χ2v) is 2.64. The molecule has 0 bridgehead atoms. The van der Waals surface area contributed by atoms with Crippen LogP contribution >= 0.6 is 0 Å². The van der Waals surface area contributed by atoms with Crippen LogP contribution in [-0.4, -0.2) is 22.5 Å². The van der Waals surface area contributed by atoms with Gasteiger partial charge in [0.15, 0.2) is 0 Å². The third-order valence-electron chi connectivity index (χ3n) is 1.55. The summed E-state index contributed by atoms with van der Waals surface area (Å²) < 4.78 is 1.97. The van der Waals surface area contributed by atoms with E-state index in [0.717, 1.165) is 5.65 Å². The minimum absolute atomic E-state index is 0.998. The van der Waals surface area contributed by atoms with E-state index in [1.165, 1.54) is 13.1 Å². The maximum atomic E-state index is 4.08. The highest BCUT2D eigenvalue weighted by atomic mass is 15.0. The van der Waals surface area contributed by atoms with Crippen LogP contribution in [0.2, 0.25) is 0 Å². The van der Waals surface area contributed by atoms with Gasteiger partial charge in [0.1, 0.15) is 5.65 Å². The molecule has 62 valence electrons. The van der Waals surface area contributed by atoms with Crippen molar-refractivity contribution in [2.24, 2.45) is 0 Å². The van der Waals surface area contributed by atoms with Crippen molar-refractivity contribution in [3.63, 3.8) is 0 Å². The number of imidazole rings is 1. The van der Waals surface area contributed by atoms with Crippen molar-refractivity contribution in [3.8, 4) is 0 Å². The lowest BCUT2D eigenvalue weighted by Crippen LogP contribution is -1.77. The van der Waals surface area contributed by atoms with Gasteiger partial charge in [0.2, 0.25) is 0 Å². The van der Waals surface area contributed by atoms with Gasteiger partial charge < -0.3 is 9.72 Å². The van der Waals surface area contributed by atoms with Gasteiger partial charge in [-0.15, -0.1) is 0 Å². The highest BCUT2D eigenvalue weighted by molar-refractivity contribution is 5.36. The van der Waals surface area contributed by atoms with E-state index in [2.05, 4.69) is 10.3 Å². The first-order valence-electron chi connectivity index (χ1n) is 4.05. The molecule has 0 aromatic carbocycles. The van der Waals surface area contributed by atoms with E-state index in [-0.39, 0.29) is 0 Å². The Morgan fingerprint density at radius 3 is 2.75 bits per heavy atom. The average molecular weight is 161 g/mol. The van der Waals surface area contributed by atoms with Gasteiger partial charge in [-0.3, -0.25) is 0 Å². The molecule has 2 aromatic heterocycles. The summed E-state index contributed by atoms with van der Waals surface area (Å²) in [5, 5.41) is 3.00. The Bertz CT molecular complexity index is 318. The van der Waals surface area contributed by atoms with Gasteiger partial charge >= 0.3 is 0 Å². The van der Waals surface area contributed by atoms with Gasteiger partial charge in [0.25, 0.3) is 0 Å². The Morgan fingerprint density at radius 1 is 1.25 bits per heavy atom.